The Morgan fingerprint density at radius 1 is 1.22 bits per heavy atom. The Morgan fingerprint density at radius 2 is 1.91 bits per heavy atom. The molecule has 0 saturated carbocycles. The van der Waals surface area contributed by atoms with Crippen LogP contribution < -0.4 is 0 Å². The Morgan fingerprint density at radius 3 is 2.52 bits per heavy atom. The van der Waals surface area contributed by atoms with Gasteiger partial charge in [0.25, 0.3) is 0 Å². The van der Waals surface area contributed by atoms with Crippen LogP contribution in [0.15, 0.2) is 30.3 Å². The number of hydrogen-bond acceptors (Lipinski definition) is 4. The van der Waals surface area contributed by atoms with Crippen molar-refractivity contribution in [3.8, 4) is 0 Å². The molecule has 1 aromatic carbocycles. The van der Waals surface area contributed by atoms with E-state index in [0.29, 0.717) is 13.1 Å². The van der Waals surface area contributed by atoms with Crippen LogP contribution in [0.4, 0.5) is 4.79 Å². The molecule has 0 aliphatic carbocycles. The van der Waals surface area contributed by atoms with Gasteiger partial charge in [-0.15, -0.1) is 0 Å². The standard InChI is InChI=1S/C18H28N2O3/c1-18(2,3)23-17(22)20-10-9-19(12-16(13-20)14-21)11-15-7-5-4-6-8-15/h4-8,16,21H,9-14H2,1-3H3. The van der Waals surface area contributed by atoms with Gasteiger partial charge in [-0.3, -0.25) is 4.90 Å². The van der Waals surface area contributed by atoms with Crippen molar-refractivity contribution in [2.75, 3.05) is 32.8 Å². The summed E-state index contributed by atoms with van der Waals surface area (Å²) in [6, 6.07) is 10.3. The minimum atomic E-state index is -0.498. The summed E-state index contributed by atoms with van der Waals surface area (Å²) >= 11 is 0. The number of carbonyl (C=O) groups excluding carboxylic acids is 1. The van der Waals surface area contributed by atoms with Crippen molar-refractivity contribution >= 4 is 6.09 Å². The van der Waals surface area contributed by atoms with Gasteiger partial charge in [0, 0.05) is 45.2 Å². The summed E-state index contributed by atoms with van der Waals surface area (Å²) in [5.74, 6) is 0.0498. The molecular formula is C18H28N2O3. The average molecular weight is 320 g/mol. The summed E-state index contributed by atoms with van der Waals surface area (Å²) in [7, 11) is 0. The molecule has 0 radical (unpaired) electrons. The zero-order valence-corrected chi connectivity index (χ0v) is 14.4. The van der Waals surface area contributed by atoms with Gasteiger partial charge < -0.3 is 14.7 Å². The molecule has 1 fully saturated rings. The summed E-state index contributed by atoms with van der Waals surface area (Å²) in [4.78, 5) is 16.3. The topological polar surface area (TPSA) is 53.0 Å². The van der Waals surface area contributed by atoms with Crippen molar-refractivity contribution in [2.24, 2.45) is 5.92 Å². The summed E-state index contributed by atoms with van der Waals surface area (Å²) in [5.41, 5.74) is 0.747. The fraction of sp³-hybridized carbons (Fsp3) is 0.611. The molecular weight excluding hydrogens is 292 g/mol. The number of nitrogens with zero attached hydrogens (tertiary/aromatic N) is 2. The number of benzene rings is 1. The largest absolute Gasteiger partial charge is 0.444 e. The molecule has 1 atom stereocenters. The minimum absolute atomic E-state index is 0.0498. The molecule has 0 spiro atoms. The van der Waals surface area contributed by atoms with Crippen molar-refractivity contribution in [3.63, 3.8) is 0 Å². The van der Waals surface area contributed by atoms with Gasteiger partial charge in [-0.2, -0.15) is 0 Å². The van der Waals surface area contributed by atoms with E-state index in [4.69, 9.17) is 4.74 Å². The smallest absolute Gasteiger partial charge is 0.410 e. The van der Waals surface area contributed by atoms with Gasteiger partial charge in [0.05, 0.1) is 0 Å². The lowest BCUT2D eigenvalue weighted by Crippen LogP contribution is -2.40. The Balaban J connectivity index is 1.99. The van der Waals surface area contributed by atoms with Crippen LogP contribution in [0.5, 0.6) is 0 Å². The van der Waals surface area contributed by atoms with Crippen molar-refractivity contribution < 1.29 is 14.6 Å². The van der Waals surface area contributed by atoms with Crippen molar-refractivity contribution in [1.82, 2.24) is 9.80 Å². The zero-order chi connectivity index (χ0) is 16.9. The molecule has 1 heterocycles. The predicted molar refractivity (Wildman–Crippen MR) is 90.1 cm³/mol. The van der Waals surface area contributed by atoms with Crippen LogP contribution in [0.1, 0.15) is 26.3 Å². The highest BCUT2D eigenvalue weighted by Crippen LogP contribution is 2.16. The summed E-state index contributed by atoms with van der Waals surface area (Å²) in [5, 5.41) is 9.63. The first kappa shape index (κ1) is 17.8. The third kappa shape index (κ3) is 5.84. The van der Waals surface area contributed by atoms with Gasteiger partial charge in [-0.25, -0.2) is 4.79 Å². The molecule has 128 valence electrons. The van der Waals surface area contributed by atoms with E-state index >= 15 is 0 Å². The molecule has 5 nitrogen and oxygen atoms in total. The van der Waals surface area contributed by atoms with Crippen molar-refractivity contribution in [2.45, 2.75) is 32.9 Å². The van der Waals surface area contributed by atoms with E-state index in [1.165, 1.54) is 5.56 Å². The van der Waals surface area contributed by atoms with Gasteiger partial charge >= 0.3 is 6.09 Å². The number of aliphatic hydroxyl groups excluding tert-OH is 1. The fourth-order valence-electron chi connectivity index (χ4n) is 2.77. The molecule has 1 aromatic rings. The summed E-state index contributed by atoms with van der Waals surface area (Å²) < 4.78 is 5.47. The number of aliphatic hydroxyl groups is 1. The molecule has 0 aromatic heterocycles. The van der Waals surface area contributed by atoms with E-state index in [1.54, 1.807) is 4.90 Å². The second-order valence-electron chi connectivity index (χ2n) is 7.20. The van der Waals surface area contributed by atoms with E-state index < -0.39 is 5.60 Å². The monoisotopic (exact) mass is 320 g/mol. The minimum Gasteiger partial charge on any atom is -0.444 e. The molecule has 1 N–H and O–H groups in total. The molecule has 1 unspecified atom stereocenters. The summed E-state index contributed by atoms with van der Waals surface area (Å²) in [6.45, 7) is 9.24. The summed E-state index contributed by atoms with van der Waals surface area (Å²) in [6.07, 6.45) is -0.294. The lowest BCUT2D eigenvalue weighted by atomic mass is 10.1. The molecule has 1 aliphatic rings. The Kier molecular flexibility index (Phi) is 6.02. The van der Waals surface area contributed by atoms with Gasteiger partial charge in [0.15, 0.2) is 0 Å². The van der Waals surface area contributed by atoms with E-state index in [0.717, 1.165) is 19.6 Å². The van der Waals surface area contributed by atoms with E-state index in [9.17, 15) is 9.90 Å². The molecule has 0 bridgehead atoms. The fourth-order valence-corrected chi connectivity index (χ4v) is 2.77. The maximum Gasteiger partial charge on any atom is 0.410 e. The number of rotatable bonds is 3. The first-order chi connectivity index (χ1) is 10.9. The number of hydrogen-bond donors (Lipinski definition) is 1. The molecule has 2 rings (SSSR count). The quantitative estimate of drug-likeness (QED) is 0.929. The zero-order valence-electron chi connectivity index (χ0n) is 14.4. The maximum atomic E-state index is 12.3. The Hall–Kier alpha value is -1.59. The van der Waals surface area contributed by atoms with Crippen molar-refractivity contribution in [1.29, 1.82) is 0 Å². The van der Waals surface area contributed by atoms with Gasteiger partial charge in [0.1, 0.15) is 5.60 Å². The second kappa shape index (κ2) is 7.79. The van der Waals surface area contributed by atoms with E-state index in [2.05, 4.69) is 17.0 Å². The highest BCUT2D eigenvalue weighted by Gasteiger charge is 2.28. The van der Waals surface area contributed by atoms with Crippen molar-refractivity contribution in [3.05, 3.63) is 35.9 Å². The first-order valence-electron chi connectivity index (χ1n) is 8.22. The van der Waals surface area contributed by atoms with Gasteiger partial charge in [-0.05, 0) is 26.3 Å². The maximum absolute atomic E-state index is 12.3. The molecule has 1 amide bonds. The van der Waals surface area contributed by atoms with Crippen LogP contribution in [-0.4, -0.2) is 59.4 Å². The molecule has 23 heavy (non-hydrogen) atoms. The molecule has 1 aliphatic heterocycles. The van der Waals surface area contributed by atoms with Crippen LogP contribution >= 0.6 is 0 Å². The van der Waals surface area contributed by atoms with Crippen LogP contribution in [0.3, 0.4) is 0 Å². The third-order valence-electron chi connectivity index (χ3n) is 3.84. The Bertz CT molecular complexity index is 499. The third-order valence-corrected chi connectivity index (χ3v) is 3.84. The highest BCUT2D eigenvalue weighted by molar-refractivity contribution is 5.68. The van der Waals surface area contributed by atoms with Crippen LogP contribution in [-0.2, 0) is 11.3 Å². The van der Waals surface area contributed by atoms with Crippen LogP contribution in [0, 0.1) is 5.92 Å². The number of ether oxygens (including phenoxy) is 1. The second-order valence-corrected chi connectivity index (χ2v) is 7.20. The van der Waals surface area contributed by atoms with Crippen LogP contribution in [0.25, 0.3) is 0 Å². The van der Waals surface area contributed by atoms with Gasteiger partial charge in [0.2, 0.25) is 0 Å². The lowest BCUT2D eigenvalue weighted by Gasteiger charge is -2.27. The van der Waals surface area contributed by atoms with Gasteiger partial charge in [-0.1, -0.05) is 30.3 Å². The SMILES string of the molecule is CC(C)(C)OC(=O)N1CCN(Cc2ccccc2)CC(CO)C1. The van der Waals surface area contributed by atoms with Crippen LogP contribution in [0.2, 0.25) is 0 Å². The average Bonchev–Trinajstić information content (AvgIpc) is 2.69. The number of carbonyl (C=O) groups is 1. The van der Waals surface area contributed by atoms with E-state index in [-0.39, 0.29) is 18.6 Å². The number of amides is 1. The first-order valence-corrected chi connectivity index (χ1v) is 8.22. The Labute approximate surface area is 138 Å². The highest BCUT2D eigenvalue weighted by atomic mass is 16.6. The molecule has 1 saturated heterocycles. The molecule has 5 heteroatoms. The lowest BCUT2D eigenvalue weighted by molar-refractivity contribution is 0.0226. The predicted octanol–water partition coefficient (Wildman–Crippen LogP) is 2.35. The van der Waals surface area contributed by atoms with E-state index in [1.807, 2.05) is 39.0 Å². The normalized spacial score (nSPS) is 20.2.